The molecule has 5 atom stereocenters. The Bertz CT molecular complexity index is 759. The van der Waals surface area contributed by atoms with Crippen LogP contribution in [0, 0.1) is 0 Å². The van der Waals surface area contributed by atoms with Crippen LogP contribution in [-0.4, -0.2) is 57.7 Å². The molecule has 2 aromatic carbocycles. The summed E-state index contributed by atoms with van der Waals surface area (Å²) in [5, 5.41) is 39.4. The average Bonchev–Trinajstić information content (AvgIpc) is 2.68. The highest BCUT2D eigenvalue weighted by Crippen LogP contribution is 2.34. The molecule has 0 bridgehead atoms. The van der Waals surface area contributed by atoms with Crippen LogP contribution in [0.5, 0.6) is 11.5 Å². The number of aliphatic hydroxyl groups is 4. The van der Waals surface area contributed by atoms with Gasteiger partial charge in [0.2, 0.25) is 0 Å². The molecule has 4 N–H and O–H groups in total. The van der Waals surface area contributed by atoms with Gasteiger partial charge in [0.25, 0.3) is 0 Å². The van der Waals surface area contributed by atoms with Crippen LogP contribution in [0.15, 0.2) is 48.5 Å². The maximum atomic E-state index is 10.5. The lowest BCUT2D eigenvalue weighted by Gasteiger charge is -2.40. The zero-order chi connectivity index (χ0) is 19.4. The van der Waals surface area contributed by atoms with Crippen LogP contribution in [0.2, 0.25) is 0 Å². The molecule has 0 spiro atoms. The van der Waals surface area contributed by atoms with E-state index in [9.17, 15) is 25.2 Å². The van der Waals surface area contributed by atoms with Gasteiger partial charge in [-0.15, -0.1) is 0 Å². The van der Waals surface area contributed by atoms with Crippen molar-refractivity contribution in [1.82, 2.24) is 0 Å². The number of aliphatic hydroxyl groups excluding tert-OH is 4. The molecular weight excluding hydrogens is 352 g/mol. The minimum Gasteiger partial charge on any atom is -0.457 e. The fourth-order valence-electron chi connectivity index (χ4n) is 3.06. The zero-order valence-corrected chi connectivity index (χ0v) is 14.5. The lowest BCUT2D eigenvalue weighted by atomic mass is 9.91. The molecule has 144 valence electrons. The molecule has 1 aliphatic rings. The summed E-state index contributed by atoms with van der Waals surface area (Å²) in [5.41, 5.74) is 1.43. The molecule has 3 rings (SSSR count). The van der Waals surface area contributed by atoms with E-state index in [1.54, 1.807) is 48.5 Å². The maximum absolute atomic E-state index is 10.5. The van der Waals surface area contributed by atoms with Crippen molar-refractivity contribution in [2.24, 2.45) is 0 Å². The summed E-state index contributed by atoms with van der Waals surface area (Å²) in [6.07, 6.45) is -4.89. The molecule has 1 saturated heterocycles. The number of rotatable bonds is 6. The Morgan fingerprint density at radius 1 is 0.963 bits per heavy atom. The van der Waals surface area contributed by atoms with Gasteiger partial charge in [0.1, 0.15) is 48.3 Å². The van der Waals surface area contributed by atoms with E-state index >= 15 is 0 Å². The van der Waals surface area contributed by atoms with E-state index in [-0.39, 0.29) is 0 Å². The topological polar surface area (TPSA) is 116 Å². The normalized spacial score (nSPS) is 27.9. The first-order valence-electron chi connectivity index (χ1n) is 8.64. The fourth-order valence-corrected chi connectivity index (χ4v) is 3.06. The van der Waals surface area contributed by atoms with E-state index in [4.69, 9.17) is 9.47 Å². The van der Waals surface area contributed by atoms with Crippen LogP contribution in [-0.2, 0) is 16.0 Å². The lowest BCUT2D eigenvalue weighted by molar-refractivity contribution is -0.231. The van der Waals surface area contributed by atoms with Crippen LogP contribution < -0.4 is 4.74 Å². The van der Waals surface area contributed by atoms with Crippen molar-refractivity contribution < 1.29 is 34.7 Å². The second-order valence-corrected chi connectivity index (χ2v) is 6.44. The van der Waals surface area contributed by atoms with Gasteiger partial charge in [0.15, 0.2) is 0 Å². The Hall–Kier alpha value is -2.29. The van der Waals surface area contributed by atoms with E-state index < -0.39 is 37.1 Å². The van der Waals surface area contributed by atoms with Crippen LogP contribution in [0.1, 0.15) is 17.2 Å². The van der Waals surface area contributed by atoms with Crippen LogP contribution in [0.3, 0.4) is 0 Å². The molecular formula is C20H22O7. The fraction of sp³-hybridized carbons (Fsp3) is 0.350. The summed E-state index contributed by atoms with van der Waals surface area (Å²) in [6.45, 7) is -0.481. The molecule has 0 unspecified atom stereocenters. The van der Waals surface area contributed by atoms with Crippen LogP contribution >= 0.6 is 0 Å². The summed E-state index contributed by atoms with van der Waals surface area (Å²) < 4.78 is 11.4. The third-order valence-corrected chi connectivity index (χ3v) is 4.56. The monoisotopic (exact) mass is 374 g/mol. The smallest absolute Gasteiger partial charge is 0.127 e. The molecule has 7 nitrogen and oxygen atoms in total. The molecule has 1 aliphatic heterocycles. The quantitative estimate of drug-likeness (QED) is 0.551. The average molecular weight is 374 g/mol. The summed E-state index contributed by atoms with van der Waals surface area (Å²) in [6, 6.07) is 13.9. The first-order valence-corrected chi connectivity index (χ1v) is 8.64. The van der Waals surface area contributed by atoms with E-state index in [0.717, 1.165) is 11.8 Å². The predicted molar refractivity (Wildman–Crippen MR) is 95.4 cm³/mol. The largest absolute Gasteiger partial charge is 0.457 e. The molecule has 0 radical (unpaired) electrons. The number of aldehydes is 1. The highest BCUT2D eigenvalue weighted by molar-refractivity contribution is 5.55. The zero-order valence-electron chi connectivity index (χ0n) is 14.5. The number of carbonyl (C=O) groups excluding carboxylic acids is 1. The van der Waals surface area contributed by atoms with E-state index in [1.807, 2.05) is 0 Å². The molecule has 0 saturated carbocycles. The second kappa shape index (κ2) is 8.60. The van der Waals surface area contributed by atoms with Gasteiger partial charge in [-0.3, -0.25) is 0 Å². The van der Waals surface area contributed by atoms with Crippen molar-refractivity contribution in [2.45, 2.75) is 36.9 Å². The molecule has 27 heavy (non-hydrogen) atoms. The van der Waals surface area contributed by atoms with Crippen molar-refractivity contribution >= 4 is 6.29 Å². The van der Waals surface area contributed by atoms with Gasteiger partial charge in [-0.25, -0.2) is 0 Å². The highest BCUT2D eigenvalue weighted by Gasteiger charge is 2.43. The summed E-state index contributed by atoms with van der Waals surface area (Å²) in [7, 11) is 0. The Labute approximate surface area is 156 Å². The molecule has 2 aromatic rings. The molecule has 1 fully saturated rings. The Morgan fingerprint density at radius 2 is 1.70 bits per heavy atom. The molecule has 1 heterocycles. The third-order valence-electron chi connectivity index (χ3n) is 4.56. The SMILES string of the molecule is O=CCc1ccc(Oc2cccc([C@H]3O[C@H](CO)[C@@H](O)[C@H](O)[C@H]3O)c2)cc1. The Kier molecular flexibility index (Phi) is 6.20. The second-order valence-electron chi connectivity index (χ2n) is 6.44. The molecule has 7 heteroatoms. The number of benzene rings is 2. The molecule has 0 aliphatic carbocycles. The standard InChI is InChI=1S/C20H22O7/c21-9-8-12-4-6-14(7-5-12)26-15-3-1-2-13(10-15)20-19(25)18(24)17(23)16(11-22)27-20/h1-7,9-10,16-20,22-25H,8,11H2/t16-,17-,18+,19-,20-/m1/s1. The van der Waals surface area contributed by atoms with Crippen molar-refractivity contribution in [3.8, 4) is 11.5 Å². The third kappa shape index (κ3) is 4.35. The summed E-state index contributed by atoms with van der Waals surface area (Å²) >= 11 is 0. The van der Waals surface area contributed by atoms with Gasteiger partial charge in [0, 0.05) is 6.42 Å². The number of carbonyl (C=O) groups is 1. The van der Waals surface area contributed by atoms with E-state index in [1.165, 1.54) is 0 Å². The maximum Gasteiger partial charge on any atom is 0.127 e. The van der Waals surface area contributed by atoms with Crippen molar-refractivity contribution in [3.63, 3.8) is 0 Å². The van der Waals surface area contributed by atoms with Crippen LogP contribution in [0.4, 0.5) is 0 Å². The lowest BCUT2D eigenvalue weighted by Crippen LogP contribution is -2.55. The van der Waals surface area contributed by atoms with Crippen molar-refractivity contribution in [3.05, 3.63) is 59.7 Å². The minimum atomic E-state index is -1.43. The predicted octanol–water partition coefficient (Wildman–Crippen LogP) is 0.735. The van der Waals surface area contributed by atoms with Gasteiger partial charge < -0.3 is 34.7 Å². The minimum absolute atomic E-state index is 0.340. The van der Waals surface area contributed by atoms with Gasteiger partial charge in [-0.1, -0.05) is 24.3 Å². The van der Waals surface area contributed by atoms with Gasteiger partial charge >= 0.3 is 0 Å². The van der Waals surface area contributed by atoms with Gasteiger partial charge in [0.05, 0.1) is 6.61 Å². The Balaban J connectivity index is 1.77. The molecule has 0 amide bonds. The van der Waals surface area contributed by atoms with Crippen LogP contribution in [0.25, 0.3) is 0 Å². The first-order chi connectivity index (χ1) is 13.0. The first kappa shape index (κ1) is 19.5. The van der Waals surface area contributed by atoms with Crippen molar-refractivity contribution in [1.29, 1.82) is 0 Å². The Morgan fingerprint density at radius 3 is 2.37 bits per heavy atom. The number of hydrogen-bond donors (Lipinski definition) is 4. The summed E-state index contributed by atoms with van der Waals surface area (Å²) in [5.74, 6) is 1.07. The highest BCUT2D eigenvalue weighted by atomic mass is 16.5. The van der Waals surface area contributed by atoms with Crippen molar-refractivity contribution in [2.75, 3.05) is 6.61 Å². The number of hydrogen-bond acceptors (Lipinski definition) is 7. The van der Waals surface area contributed by atoms with E-state index in [0.29, 0.717) is 23.5 Å². The van der Waals surface area contributed by atoms with Gasteiger partial charge in [-0.2, -0.15) is 0 Å². The van der Waals surface area contributed by atoms with E-state index in [2.05, 4.69) is 0 Å². The van der Waals surface area contributed by atoms with Gasteiger partial charge in [-0.05, 0) is 35.4 Å². The molecule has 0 aromatic heterocycles. The number of ether oxygens (including phenoxy) is 2. The summed E-state index contributed by atoms with van der Waals surface area (Å²) in [4.78, 5) is 10.5.